The van der Waals surface area contributed by atoms with Crippen molar-refractivity contribution in [3.63, 3.8) is 0 Å². The van der Waals surface area contributed by atoms with E-state index in [4.69, 9.17) is 16.5 Å². The van der Waals surface area contributed by atoms with Crippen LogP contribution in [-0.2, 0) is 21.3 Å². The molecule has 1 rings (SSSR count). The predicted octanol–water partition coefficient (Wildman–Crippen LogP) is 0.844. The lowest BCUT2D eigenvalue weighted by molar-refractivity contribution is -0.118. The second kappa shape index (κ2) is 6.70. The minimum absolute atomic E-state index is 0.0156. The average Bonchev–Trinajstić information content (AvgIpc) is 2.24. The van der Waals surface area contributed by atoms with Crippen LogP contribution in [0.15, 0.2) is 0 Å². The van der Waals surface area contributed by atoms with Crippen molar-refractivity contribution in [3.8, 4) is 0 Å². The van der Waals surface area contributed by atoms with E-state index in [2.05, 4.69) is 0 Å². The first-order valence-electron chi connectivity index (χ1n) is 6.49. The Hall–Kier alpha value is 0.378. The van der Waals surface area contributed by atoms with E-state index in [1.54, 1.807) is 0 Å². The molecule has 106 valence electrons. The zero-order chi connectivity index (χ0) is 13.9. The molecule has 0 spiro atoms. The normalized spacial score (nSPS) is 39.8. The zero-order valence-electron chi connectivity index (χ0n) is 12.1. The van der Waals surface area contributed by atoms with Gasteiger partial charge in [0.1, 0.15) is 0 Å². The number of hydrogen-bond donors (Lipinski definition) is 0. The molecular weight excluding hydrogens is 300 g/mol. The number of rotatable bonds is 3. The minimum atomic E-state index is -2.81. The summed E-state index contributed by atoms with van der Waals surface area (Å²) in [6.45, 7) is 11.7. The summed E-state index contributed by atoms with van der Waals surface area (Å²) < 4.78 is 23.5. The third kappa shape index (κ3) is 4.20. The van der Waals surface area contributed by atoms with Crippen LogP contribution >= 0.6 is 0 Å². The Bertz CT molecular complexity index is 289. The van der Waals surface area contributed by atoms with Crippen LogP contribution in [0.3, 0.4) is 0 Å². The molecule has 1 heterocycles. The van der Waals surface area contributed by atoms with Crippen molar-refractivity contribution >= 4 is 41.8 Å². The molecular formula is C9H24O5Si4. The molecule has 0 N–H and O–H groups in total. The molecule has 3 unspecified atom stereocenters. The van der Waals surface area contributed by atoms with Crippen molar-refractivity contribution in [2.75, 3.05) is 0 Å². The van der Waals surface area contributed by atoms with Gasteiger partial charge in [0.25, 0.3) is 9.28 Å². The van der Waals surface area contributed by atoms with E-state index in [1.165, 1.54) is 0 Å². The van der Waals surface area contributed by atoms with E-state index in [0.29, 0.717) is 0 Å². The first kappa shape index (κ1) is 16.4. The van der Waals surface area contributed by atoms with E-state index in [-0.39, 0.29) is 11.3 Å². The monoisotopic (exact) mass is 324 g/mol. The van der Waals surface area contributed by atoms with Gasteiger partial charge in [0, 0.05) is 5.92 Å². The van der Waals surface area contributed by atoms with Crippen molar-refractivity contribution in [1.82, 2.24) is 0 Å². The van der Waals surface area contributed by atoms with Gasteiger partial charge in [-0.2, -0.15) is 0 Å². The summed E-state index contributed by atoms with van der Waals surface area (Å²) >= 11 is 0. The highest BCUT2D eigenvalue weighted by Crippen LogP contribution is 2.21. The predicted molar refractivity (Wildman–Crippen MR) is 79.5 cm³/mol. The molecule has 0 aromatic heterocycles. The molecule has 3 atom stereocenters. The maximum Gasteiger partial charge on any atom is 0.389 e. The number of carbonyl (C=O) groups is 1. The van der Waals surface area contributed by atoms with Gasteiger partial charge in [-0.3, -0.25) is 4.79 Å². The van der Waals surface area contributed by atoms with Crippen molar-refractivity contribution < 1.29 is 21.3 Å². The van der Waals surface area contributed by atoms with Crippen LogP contribution in [0.1, 0.15) is 20.3 Å². The molecule has 1 saturated heterocycles. The number of carbonyl (C=O) groups excluding carboxylic acids is 1. The van der Waals surface area contributed by atoms with Crippen molar-refractivity contribution in [2.45, 2.75) is 46.5 Å². The molecule has 0 aliphatic carbocycles. The van der Waals surface area contributed by atoms with E-state index < -0.39 is 36.4 Å². The summed E-state index contributed by atoms with van der Waals surface area (Å²) in [5, 5.41) is 0.132. The maximum absolute atomic E-state index is 12.4. The van der Waals surface area contributed by atoms with E-state index in [9.17, 15) is 4.79 Å². The SMILES string of the molecule is CCC(C)C(=O)[Si]1(C)O[SiH](C)O[SiH](C)O[SiH](C)O1. The molecule has 18 heavy (non-hydrogen) atoms. The first-order chi connectivity index (χ1) is 8.28. The van der Waals surface area contributed by atoms with E-state index in [1.807, 2.05) is 40.0 Å². The van der Waals surface area contributed by atoms with Gasteiger partial charge in [-0.15, -0.1) is 0 Å². The van der Waals surface area contributed by atoms with Crippen LogP contribution in [0, 0.1) is 5.92 Å². The fourth-order valence-corrected chi connectivity index (χ4v) is 16.5. The van der Waals surface area contributed by atoms with E-state index >= 15 is 0 Å². The third-order valence-electron chi connectivity index (χ3n) is 3.06. The Morgan fingerprint density at radius 2 is 1.56 bits per heavy atom. The summed E-state index contributed by atoms with van der Waals surface area (Å²) in [6, 6.07) is 0. The number of hydrogen-bond acceptors (Lipinski definition) is 5. The quantitative estimate of drug-likeness (QED) is 0.720. The average molecular weight is 325 g/mol. The van der Waals surface area contributed by atoms with Gasteiger partial charge in [-0.1, -0.05) is 13.8 Å². The molecule has 0 aromatic carbocycles. The summed E-state index contributed by atoms with van der Waals surface area (Å²) in [6.07, 6.45) is 0.812. The van der Waals surface area contributed by atoms with Gasteiger partial charge in [0.2, 0.25) is 0 Å². The first-order valence-corrected chi connectivity index (χ1v) is 15.1. The third-order valence-corrected chi connectivity index (χ3v) is 16.8. The van der Waals surface area contributed by atoms with Gasteiger partial charge in [-0.25, -0.2) is 0 Å². The molecule has 0 amide bonds. The molecule has 1 aliphatic heterocycles. The summed E-state index contributed by atoms with van der Waals surface area (Å²) in [4.78, 5) is 12.4. The van der Waals surface area contributed by atoms with Gasteiger partial charge in [0.15, 0.2) is 5.41 Å². The van der Waals surface area contributed by atoms with Crippen molar-refractivity contribution in [3.05, 3.63) is 0 Å². The lowest BCUT2D eigenvalue weighted by Gasteiger charge is -2.36. The molecule has 0 radical (unpaired) electrons. The Balaban J connectivity index is 2.86. The molecule has 0 aromatic rings. The summed E-state index contributed by atoms with van der Waals surface area (Å²) in [7, 11) is -8.05. The molecule has 1 aliphatic rings. The van der Waals surface area contributed by atoms with Crippen molar-refractivity contribution in [2.24, 2.45) is 5.92 Å². The minimum Gasteiger partial charge on any atom is -0.420 e. The topological polar surface area (TPSA) is 54.0 Å². The second-order valence-electron chi connectivity index (χ2n) is 4.83. The highest BCUT2D eigenvalue weighted by molar-refractivity contribution is 7.01. The lowest BCUT2D eigenvalue weighted by Crippen LogP contribution is -2.59. The van der Waals surface area contributed by atoms with E-state index in [0.717, 1.165) is 6.42 Å². The van der Waals surface area contributed by atoms with Crippen molar-refractivity contribution in [1.29, 1.82) is 0 Å². The molecule has 0 bridgehead atoms. The molecule has 9 heteroatoms. The smallest absolute Gasteiger partial charge is 0.389 e. The Morgan fingerprint density at radius 3 is 1.94 bits per heavy atom. The van der Waals surface area contributed by atoms with Gasteiger partial charge in [0.05, 0.1) is 0 Å². The van der Waals surface area contributed by atoms with Gasteiger partial charge >= 0.3 is 27.1 Å². The van der Waals surface area contributed by atoms with Crippen LogP contribution in [-0.4, -0.2) is 41.8 Å². The van der Waals surface area contributed by atoms with Crippen LogP contribution in [0.25, 0.3) is 0 Å². The second-order valence-corrected chi connectivity index (χ2v) is 14.7. The van der Waals surface area contributed by atoms with Crippen LogP contribution in [0.5, 0.6) is 0 Å². The Kier molecular flexibility index (Phi) is 6.12. The summed E-state index contributed by atoms with van der Waals surface area (Å²) in [5.74, 6) is -0.0156. The van der Waals surface area contributed by atoms with Crippen LogP contribution in [0.2, 0.25) is 26.2 Å². The molecule has 1 fully saturated rings. The highest BCUT2D eigenvalue weighted by Gasteiger charge is 2.47. The fourth-order valence-electron chi connectivity index (χ4n) is 2.04. The Morgan fingerprint density at radius 1 is 1.11 bits per heavy atom. The highest BCUT2D eigenvalue weighted by atomic mass is 28.5. The largest absolute Gasteiger partial charge is 0.420 e. The zero-order valence-corrected chi connectivity index (χ0v) is 16.5. The standard InChI is InChI=1S/C9H24O5Si4/c1-7-8(2)9(10)18(6)13-16(4)11-15(3)12-17(5)14-18/h8,15-17H,7H2,1-6H3. The molecule has 5 nitrogen and oxygen atoms in total. The lowest BCUT2D eigenvalue weighted by atomic mass is 10.1. The van der Waals surface area contributed by atoms with Crippen LogP contribution < -0.4 is 0 Å². The molecule has 0 saturated carbocycles. The van der Waals surface area contributed by atoms with Gasteiger partial charge in [-0.05, 0) is 32.6 Å². The maximum atomic E-state index is 12.4. The summed E-state index contributed by atoms with van der Waals surface area (Å²) in [5.41, 5.74) is 0. The van der Waals surface area contributed by atoms with Crippen LogP contribution in [0.4, 0.5) is 0 Å². The fraction of sp³-hybridized carbons (Fsp3) is 0.889. The van der Waals surface area contributed by atoms with Gasteiger partial charge < -0.3 is 16.5 Å². The Labute approximate surface area is 116 Å².